The number of hydrogen-bond acceptors (Lipinski definition) is 7. The van der Waals surface area contributed by atoms with Gasteiger partial charge in [0.25, 0.3) is 0 Å². The zero-order valence-corrected chi connectivity index (χ0v) is 27.5. The van der Waals surface area contributed by atoms with E-state index in [2.05, 4.69) is 26.1 Å². The van der Waals surface area contributed by atoms with Crippen molar-refractivity contribution in [3.63, 3.8) is 0 Å². The smallest absolute Gasteiger partial charge is 0.408 e. The summed E-state index contributed by atoms with van der Waals surface area (Å²) in [5, 5.41) is 12.2. The van der Waals surface area contributed by atoms with Crippen LogP contribution in [0.2, 0.25) is 0 Å². The third-order valence-corrected chi connectivity index (χ3v) is 6.30. The molecule has 0 bridgehead atoms. The Hall–Kier alpha value is -3.11. The first kappa shape index (κ1) is 35.1. The second-order valence-electron chi connectivity index (χ2n) is 12.5. The average Bonchev–Trinajstić information content (AvgIpc) is 2.83. The first-order valence-electron chi connectivity index (χ1n) is 14.1. The molecule has 0 aliphatic carbocycles. The summed E-state index contributed by atoms with van der Waals surface area (Å²) in [4.78, 5) is 39.1. The number of halogens is 1. The molecule has 0 unspecified atom stereocenters. The number of rotatable bonds is 13. The molecule has 0 heterocycles. The lowest BCUT2D eigenvalue weighted by atomic mass is 10.0. The minimum Gasteiger partial charge on any atom is -0.480 e. The van der Waals surface area contributed by atoms with Gasteiger partial charge in [0, 0.05) is 29.7 Å². The van der Waals surface area contributed by atoms with Gasteiger partial charge in [0.1, 0.15) is 17.2 Å². The molecular weight excluding hydrogens is 604 g/mol. The Kier molecular flexibility index (Phi) is 12.9. The lowest BCUT2D eigenvalue weighted by Gasteiger charge is -2.29. The summed E-state index contributed by atoms with van der Waals surface area (Å²) < 4.78 is 17.6. The average molecular weight is 650 g/mol. The number of esters is 1. The van der Waals surface area contributed by atoms with E-state index in [-0.39, 0.29) is 18.3 Å². The molecule has 0 fully saturated rings. The Labute approximate surface area is 258 Å². The van der Waals surface area contributed by atoms with E-state index in [1.165, 1.54) is 0 Å². The minimum atomic E-state index is -1.17. The molecule has 42 heavy (non-hydrogen) atoms. The van der Waals surface area contributed by atoms with Gasteiger partial charge in [-0.05, 0) is 82.9 Å². The van der Waals surface area contributed by atoms with Crippen molar-refractivity contribution >= 4 is 39.6 Å². The third-order valence-electron chi connectivity index (χ3n) is 5.84. The summed E-state index contributed by atoms with van der Waals surface area (Å²) in [5.41, 5.74) is 1.28. The Morgan fingerprint density at radius 1 is 0.929 bits per heavy atom. The number of alkyl carbamates (subject to hydrolysis) is 1. The number of para-hydroxylation sites is 1. The van der Waals surface area contributed by atoms with Crippen molar-refractivity contribution in [1.82, 2.24) is 5.32 Å². The number of hydrogen-bond donors (Lipinski definition) is 2. The van der Waals surface area contributed by atoms with Gasteiger partial charge in [-0.1, -0.05) is 54.0 Å². The molecule has 232 valence electrons. The normalized spacial score (nSPS) is 13.3. The van der Waals surface area contributed by atoms with Crippen molar-refractivity contribution in [1.29, 1.82) is 0 Å². The van der Waals surface area contributed by atoms with Crippen LogP contribution in [0.3, 0.4) is 0 Å². The molecule has 2 aromatic rings. The van der Waals surface area contributed by atoms with Crippen LogP contribution in [0.25, 0.3) is 0 Å². The van der Waals surface area contributed by atoms with E-state index in [0.29, 0.717) is 19.7 Å². The number of ether oxygens (including phenoxy) is 3. The molecule has 0 saturated heterocycles. The number of nitrogens with one attached hydrogen (secondary N) is 1. The Bertz CT molecular complexity index is 1190. The Morgan fingerprint density at radius 3 is 2.07 bits per heavy atom. The van der Waals surface area contributed by atoms with E-state index in [9.17, 15) is 19.5 Å². The fourth-order valence-corrected chi connectivity index (χ4v) is 4.74. The molecule has 0 aliphatic rings. The van der Waals surface area contributed by atoms with E-state index in [4.69, 9.17) is 14.2 Å². The van der Waals surface area contributed by atoms with Gasteiger partial charge in [-0.3, -0.25) is 0 Å². The standard InChI is InChI=1S/C32H45BrN2O7/c1-21(2)27(29(38)41-31(3,4)5)40-15-14-35(25-12-10-9-11-13-25)20-23-16-22(17-24(33)18-23)19-26(28(36)37)34-30(39)42-32(6,7)8/h9-13,16-18,21,26-27H,14-15,19-20H2,1-8H3,(H,34,39)(H,36,37)/t26-,27-/m0/s1. The van der Waals surface area contributed by atoms with Gasteiger partial charge in [-0.2, -0.15) is 0 Å². The second kappa shape index (κ2) is 15.4. The van der Waals surface area contributed by atoms with Gasteiger partial charge in [0.05, 0.1) is 6.61 Å². The van der Waals surface area contributed by atoms with Crippen molar-refractivity contribution in [3.05, 3.63) is 64.1 Å². The number of carboxylic acids is 1. The largest absolute Gasteiger partial charge is 0.480 e. The van der Waals surface area contributed by atoms with Crippen molar-refractivity contribution in [2.45, 2.75) is 91.7 Å². The van der Waals surface area contributed by atoms with Crippen LogP contribution in [-0.4, -0.2) is 59.6 Å². The lowest BCUT2D eigenvalue weighted by Crippen LogP contribution is -2.44. The van der Waals surface area contributed by atoms with Gasteiger partial charge in [-0.25, -0.2) is 14.4 Å². The zero-order chi connectivity index (χ0) is 31.7. The summed E-state index contributed by atoms with van der Waals surface area (Å²) >= 11 is 3.55. The molecule has 0 aliphatic heterocycles. The van der Waals surface area contributed by atoms with Crippen LogP contribution in [-0.2, 0) is 36.8 Å². The monoisotopic (exact) mass is 648 g/mol. The summed E-state index contributed by atoms with van der Waals surface area (Å²) in [6.45, 7) is 15.8. The number of anilines is 1. The highest BCUT2D eigenvalue weighted by Gasteiger charge is 2.29. The van der Waals surface area contributed by atoms with Crippen LogP contribution in [0.5, 0.6) is 0 Å². The summed E-state index contributed by atoms with van der Waals surface area (Å²) in [6, 6.07) is 14.4. The van der Waals surface area contributed by atoms with E-state index < -0.39 is 35.4 Å². The maximum atomic E-state index is 12.7. The highest BCUT2D eigenvalue weighted by molar-refractivity contribution is 9.10. The molecule has 0 saturated carbocycles. The Balaban J connectivity index is 2.21. The molecule has 2 N–H and O–H groups in total. The van der Waals surface area contributed by atoms with Crippen molar-refractivity contribution in [2.24, 2.45) is 5.92 Å². The van der Waals surface area contributed by atoms with E-state index in [0.717, 1.165) is 21.3 Å². The van der Waals surface area contributed by atoms with Gasteiger partial charge < -0.3 is 29.5 Å². The summed E-state index contributed by atoms with van der Waals surface area (Å²) in [6.07, 6.45) is -1.40. The van der Waals surface area contributed by atoms with E-state index in [1.807, 2.05) is 83.1 Å². The predicted molar refractivity (Wildman–Crippen MR) is 167 cm³/mol. The van der Waals surface area contributed by atoms with Crippen LogP contribution in [0, 0.1) is 5.92 Å². The van der Waals surface area contributed by atoms with Gasteiger partial charge in [-0.15, -0.1) is 0 Å². The lowest BCUT2D eigenvalue weighted by molar-refractivity contribution is -0.171. The molecule has 10 heteroatoms. The quantitative estimate of drug-likeness (QED) is 0.241. The van der Waals surface area contributed by atoms with E-state index in [1.54, 1.807) is 20.8 Å². The number of carboxylic acid groups (broad SMARTS) is 1. The highest BCUT2D eigenvalue weighted by atomic mass is 79.9. The van der Waals surface area contributed by atoms with Crippen LogP contribution in [0.15, 0.2) is 53.0 Å². The maximum Gasteiger partial charge on any atom is 0.408 e. The molecule has 2 atom stereocenters. The first-order chi connectivity index (χ1) is 19.4. The Morgan fingerprint density at radius 2 is 1.52 bits per heavy atom. The molecule has 1 amide bonds. The van der Waals surface area contributed by atoms with Crippen molar-refractivity contribution in [2.75, 3.05) is 18.1 Å². The van der Waals surface area contributed by atoms with Crippen LogP contribution in [0.4, 0.5) is 10.5 Å². The molecular formula is C32H45BrN2O7. The SMILES string of the molecule is CC(C)[C@H](OCCN(Cc1cc(Br)cc(C[C@H](NC(=O)OC(C)(C)C)C(=O)O)c1)c1ccccc1)C(=O)OC(C)(C)C. The number of carbonyl (C=O) groups excluding carboxylic acids is 2. The van der Waals surface area contributed by atoms with Crippen molar-refractivity contribution < 1.29 is 33.7 Å². The summed E-state index contributed by atoms with van der Waals surface area (Å²) in [7, 11) is 0. The number of benzene rings is 2. The van der Waals surface area contributed by atoms with Gasteiger partial charge in [0.15, 0.2) is 6.10 Å². The van der Waals surface area contributed by atoms with E-state index >= 15 is 0 Å². The summed E-state index contributed by atoms with van der Waals surface area (Å²) in [5.74, 6) is -1.60. The maximum absolute atomic E-state index is 12.7. The highest BCUT2D eigenvalue weighted by Crippen LogP contribution is 2.23. The number of nitrogens with zero attached hydrogens (tertiary/aromatic N) is 1. The zero-order valence-electron chi connectivity index (χ0n) is 25.9. The molecule has 0 spiro atoms. The van der Waals surface area contributed by atoms with Crippen molar-refractivity contribution in [3.8, 4) is 0 Å². The first-order valence-corrected chi connectivity index (χ1v) is 14.9. The topological polar surface area (TPSA) is 114 Å². The molecule has 0 aromatic heterocycles. The van der Waals surface area contributed by atoms with Gasteiger partial charge >= 0.3 is 18.0 Å². The van der Waals surface area contributed by atoms with Gasteiger partial charge in [0.2, 0.25) is 0 Å². The second-order valence-corrected chi connectivity index (χ2v) is 13.5. The molecule has 0 radical (unpaired) electrons. The number of aliphatic carboxylic acids is 1. The van der Waals surface area contributed by atoms with Crippen LogP contribution in [0.1, 0.15) is 66.5 Å². The minimum absolute atomic E-state index is 0.0610. The number of carbonyl (C=O) groups is 3. The van der Waals surface area contributed by atoms with Crippen LogP contribution < -0.4 is 10.2 Å². The fraction of sp³-hybridized carbons (Fsp3) is 0.531. The fourth-order valence-electron chi connectivity index (χ4n) is 4.15. The van der Waals surface area contributed by atoms with Crippen LogP contribution >= 0.6 is 15.9 Å². The molecule has 2 rings (SSSR count). The third kappa shape index (κ3) is 12.8. The molecule has 9 nitrogen and oxygen atoms in total. The number of amides is 1. The molecule has 2 aromatic carbocycles. The predicted octanol–water partition coefficient (Wildman–Crippen LogP) is 6.36.